The van der Waals surface area contributed by atoms with E-state index in [0.29, 0.717) is 17.9 Å². The van der Waals surface area contributed by atoms with Gasteiger partial charge in [-0.25, -0.2) is 4.79 Å². The van der Waals surface area contributed by atoms with Crippen molar-refractivity contribution in [2.24, 2.45) is 5.92 Å². The van der Waals surface area contributed by atoms with Crippen LogP contribution in [-0.4, -0.2) is 40.1 Å². The lowest BCUT2D eigenvalue weighted by atomic mass is 9.99. The van der Waals surface area contributed by atoms with Gasteiger partial charge >= 0.3 is 12.2 Å². The van der Waals surface area contributed by atoms with E-state index in [1.165, 1.54) is 12.1 Å². The van der Waals surface area contributed by atoms with Gasteiger partial charge in [-0.05, 0) is 29.7 Å². The number of epoxide rings is 1. The standard InChI is InChI=1S/C21H18N2O7/c1-12(10-13-6-8-14(9-7-13)11-17-20(29-17)23(27)28)21(26)30-22-18(24)15-4-2-3-5-16(15)19(22)25/h2-9,12,17,20H,10-11H2,1H3/t12-,17?,20?/m0/s1. The summed E-state index contributed by atoms with van der Waals surface area (Å²) in [5, 5.41) is 11.1. The predicted octanol–water partition coefficient (Wildman–Crippen LogP) is 2.16. The van der Waals surface area contributed by atoms with E-state index < -0.39 is 41.0 Å². The monoisotopic (exact) mass is 410 g/mol. The minimum Gasteiger partial charge on any atom is -0.329 e. The fourth-order valence-corrected chi connectivity index (χ4v) is 3.38. The lowest BCUT2D eigenvalue weighted by Gasteiger charge is -2.16. The SMILES string of the molecule is C[C@@H](Cc1ccc(CC2OC2[N+](=O)[O-])cc1)C(=O)ON1C(=O)c2ccccc2C1=O. The zero-order chi connectivity index (χ0) is 21.4. The van der Waals surface area contributed by atoms with Gasteiger partial charge in [-0.15, -0.1) is 0 Å². The molecule has 3 atom stereocenters. The Morgan fingerprint density at radius 2 is 1.67 bits per heavy atom. The summed E-state index contributed by atoms with van der Waals surface area (Å²) in [7, 11) is 0. The molecule has 0 N–H and O–H groups in total. The van der Waals surface area contributed by atoms with Crippen molar-refractivity contribution in [3.05, 3.63) is 80.9 Å². The van der Waals surface area contributed by atoms with Gasteiger partial charge in [0, 0.05) is 6.42 Å². The zero-order valence-electron chi connectivity index (χ0n) is 16.0. The number of hydroxylamine groups is 2. The van der Waals surface area contributed by atoms with Gasteiger partial charge in [0.2, 0.25) is 0 Å². The van der Waals surface area contributed by atoms with Crippen molar-refractivity contribution in [2.45, 2.75) is 32.1 Å². The fourth-order valence-electron chi connectivity index (χ4n) is 3.38. The summed E-state index contributed by atoms with van der Waals surface area (Å²) >= 11 is 0. The van der Waals surface area contributed by atoms with Crippen molar-refractivity contribution in [2.75, 3.05) is 0 Å². The first kappa shape index (κ1) is 19.7. The maximum absolute atomic E-state index is 12.4. The smallest absolute Gasteiger partial charge is 0.329 e. The Kier molecular flexibility index (Phi) is 5.04. The third kappa shape index (κ3) is 3.79. The molecule has 2 amide bonds. The number of imide groups is 1. The summed E-state index contributed by atoms with van der Waals surface area (Å²) in [5.74, 6) is -2.59. The van der Waals surface area contributed by atoms with E-state index in [2.05, 4.69) is 0 Å². The number of nitrogens with zero attached hydrogens (tertiary/aromatic N) is 2. The molecule has 2 aromatic rings. The fraction of sp³-hybridized carbons (Fsp3) is 0.286. The first-order chi connectivity index (χ1) is 14.3. The van der Waals surface area contributed by atoms with Crippen LogP contribution in [0.3, 0.4) is 0 Å². The van der Waals surface area contributed by atoms with E-state index in [1.54, 1.807) is 19.1 Å². The van der Waals surface area contributed by atoms with E-state index in [-0.39, 0.29) is 11.1 Å². The highest BCUT2D eigenvalue weighted by Gasteiger charge is 2.50. The highest BCUT2D eigenvalue weighted by Crippen LogP contribution is 2.27. The van der Waals surface area contributed by atoms with Gasteiger partial charge in [0.25, 0.3) is 11.8 Å². The van der Waals surface area contributed by atoms with Gasteiger partial charge in [0.1, 0.15) is 0 Å². The number of amides is 2. The molecule has 4 rings (SSSR count). The Balaban J connectivity index is 1.32. The van der Waals surface area contributed by atoms with E-state index >= 15 is 0 Å². The molecule has 30 heavy (non-hydrogen) atoms. The van der Waals surface area contributed by atoms with E-state index in [9.17, 15) is 24.5 Å². The largest absolute Gasteiger partial charge is 0.342 e. The Hall–Kier alpha value is -3.59. The summed E-state index contributed by atoms with van der Waals surface area (Å²) in [6.45, 7) is 1.65. The van der Waals surface area contributed by atoms with Crippen molar-refractivity contribution >= 4 is 17.8 Å². The molecular formula is C21H18N2O7. The average Bonchev–Trinajstić information content (AvgIpc) is 3.47. The van der Waals surface area contributed by atoms with Crippen LogP contribution in [0, 0.1) is 16.0 Å². The number of carbonyl (C=O) groups excluding carboxylic acids is 3. The number of benzene rings is 2. The van der Waals surface area contributed by atoms with Gasteiger partial charge in [-0.2, -0.15) is 0 Å². The van der Waals surface area contributed by atoms with Gasteiger partial charge in [-0.1, -0.05) is 48.4 Å². The molecule has 0 bridgehead atoms. The molecule has 1 saturated heterocycles. The molecule has 2 unspecified atom stereocenters. The second kappa shape index (κ2) is 7.68. The highest BCUT2D eigenvalue weighted by atomic mass is 16.7. The Morgan fingerprint density at radius 3 is 2.20 bits per heavy atom. The van der Waals surface area contributed by atoms with E-state index in [4.69, 9.17) is 9.57 Å². The van der Waals surface area contributed by atoms with Crippen LogP contribution in [0.4, 0.5) is 0 Å². The molecule has 9 nitrogen and oxygen atoms in total. The number of hydrogen-bond acceptors (Lipinski definition) is 7. The first-order valence-electron chi connectivity index (χ1n) is 9.41. The van der Waals surface area contributed by atoms with Gasteiger partial charge in [-0.3, -0.25) is 19.7 Å². The summed E-state index contributed by atoms with van der Waals surface area (Å²) in [5.41, 5.74) is 2.16. The molecule has 0 spiro atoms. The second-order valence-electron chi connectivity index (χ2n) is 7.34. The highest BCUT2D eigenvalue weighted by molar-refractivity contribution is 6.20. The van der Waals surface area contributed by atoms with Crippen LogP contribution < -0.4 is 0 Å². The third-order valence-electron chi connectivity index (χ3n) is 5.11. The summed E-state index contributed by atoms with van der Waals surface area (Å²) < 4.78 is 4.99. The maximum Gasteiger partial charge on any atom is 0.342 e. The quantitative estimate of drug-likeness (QED) is 0.297. The van der Waals surface area contributed by atoms with Crippen molar-refractivity contribution in [1.29, 1.82) is 0 Å². The van der Waals surface area contributed by atoms with Crippen molar-refractivity contribution in [3.8, 4) is 0 Å². The van der Waals surface area contributed by atoms with Crippen molar-refractivity contribution in [1.82, 2.24) is 5.06 Å². The molecule has 9 heteroatoms. The minimum absolute atomic E-state index is 0.206. The van der Waals surface area contributed by atoms with Crippen LogP contribution in [0.15, 0.2) is 48.5 Å². The molecule has 2 aliphatic rings. The van der Waals surface area contributed by atoms with Crippen LogP contribution in [0.25, 0.3) is 0 Å². The topological polar surface area (TPSA) is 119 Å². The Labute approximate surface area is 171 Å². The predicted molar refractivity (Wildman–Crippen MR) is 102 cm³/mol. The molecule has 0 radical (unpaired) electrons. The molecule has 0 aliphatic carbocycles. The second-order valence-corrected chi connectivity index (χ2v) is 7.34. The minimum atomic E-state index is -0.929. The lowest BCUT2D eigenvalue weighted by Crippen LogP contribution is -2.35. The summed E-state index contributed by atoms with van der Waals surface area (Å²) in [4.78, 5) is 52.3. The number of carbonyl (C=O) groups is 3. The van der Waals surface area contributed by atoms with Crippen LogP contribution in [0.1, 0.15) is 38.8 Å². The maximum atomic E-state index is 12.4. The molecule has 0 saturated carbocycles. The third-order valence-corrected chi connectivity index (χ3v) is 5.11. The van der Waals surface area contributed by atoms with Crippen LogP contribution in [0.5, 0.6) is 0 Å². The summed E-state index contributed by atoms with van der Waals surface area (Å²) in [6, 6.07) is 13.6. The molecule has 2 heterocycles. The Bertz CT molecular complexity index is 999. The first-order valence-corrected chi connectivity index (χ1v) is 9.41. The van der Waals surface area contributed by atoms with Crippen molar-refractivity contribution in [3.63, 3.8) is 0 Å². The van der Waals surface area contributed by atoms with Gasteiger partial charge in [0.05, 0.1) is 22.0 Å². The molecule has 1 fully saturated rings. The molecule has 154 valence electrons. The number of hydrogen-bond donors (Lipinski definition) is 0. The van der Waals surface area contributed by atoms with Crippen LogP contribution in [-0.2, 0) is 27.2 Å². The number of rotatable bonds is 7. The van der Waals surface area contributed by atoms with Gasteiger partial charge < -0.3 is 9.57 Å². The Morgan fingerprint density at radius 1 is 1.10 bits per heavy atom. The van der Waals surface area contributed by atoms with E-state index in [0.717, 1.165) is 11.1 Å². The molecule has 0 aromatic heterocycles. The van der Waals surface area contributed by atoms with Crippen LogP contribution in [0.2, 0.25) is 0 Å². The van der Waals surface area contributed by atoms with E-state index in [1.807, 2.05) is 24.3 Å². The number of fused-ring (bicyclic) bond motifs is 1. The summed E-state index contributed by atoms with van der Waals surface area (Å²) in [6.07, 6.45) is -0.538. The van der Waals surface area contributed by atoms with Gasteiger partial charge in [0.15, 0.2) is 6.10 Å². The lowest BCUT2D eigenvalue weighted by molar-refractivity contribution is -0.516. The zero-order valence-corrected chi connectivity index (χ0v) is 16.0. The normalized spacial score (nSPS) is 20.6. The average molecular weight is 410 g/mol. The molecular weight excluding hydrogens is 392 g/mol. The molecule has 2 aliphatic heterocycles. The van der Waals surface area contributed by atoms with Crippen LogP contribution >= 0.6 is 0 Å². The van der Waals surface area contributed by atoms with Crippen molar-refractivity contribution < 1.29 is 28.9 Å². The molecule has 2 aromatic carbocycles. The number of ether oxygens (including phenoxy) is 1. The number of nitro groups is 1.